The van der Waals surface area contributed by atoms with Gasteiger partial charge in [0.2, 0.25) is 0 Å². The van der Waals surface area contributed by atoms with Gasteiger partial charge in [-0.15, -0.1) is 6.42 Å². The Balaban J connectivity index is 2.14. The minimum atomic E-state index is -0.378. The number of methoxy groups -OCH3 is 1. The van der Waals surface area contributed by atoms with Crippen molar-refractivity contribution in [2.45, 2.75) is 44.7 Å². The molecule has 0 radical (unpaired) electrons. The van der Waals surface area contributed by atoms with Crippen molar-refractivity contribution >= 4 is 5.91 Å². The molecule has 3 rings (SSSR count). The molecule has 2 atom stereocenters. The van der Waals surface area contributed by atoms with Crippen molar-refractivity contribution in [2.75, 3.05) is 7.11 Å². The number of terminal acetylenes is 1. The number of hydrogen-bond donors (Lipinski definition) is 0. The molecule has 3 heterocycles. The quantitative estimate of drug-likeness (QED) is 0.778. The second kappa shape index (κ2) is 8.01. The summed E-state index contributed by atoms with van der Waals surface area (Å²) in [6.45, 7) is 2.14. The van der Waals surface area contributed by atoms with Gasteiger partial charge in [0.1, 0.15) is 11.8 Å². The van der Waals surface area contributed by atoms with Gasteiger partial charge < -0.3 is 9.64 Å². The van der Waals surface area contributed by atoms with Crippen LogP contribution in [0.1, 0.15) is 49.2 Å². The first-order chi connectivity index (χ1) is 12.7. The normalized spacial score (nSPS) is 18.7. The topological polar surface area (TPSA) is 55.3 Å². The third-order valence-corrected chi connectivity index (χ3v) is 4.81. The fraction of sp³-hybridized carbons (Fsp3) is 0.381. The SMILES string of the molecule is C#CC(=O)N1[C@@H](CCCC)Cc2cc(OC)cnc2[C@@H]1c1ccccn1. The summed E-state index contributed by atoms with van der Waals surface area (Å²) in [5.74, 6) is 2.70. The maximum atomic E-state index is 12.7. The minimum Gasteiger partial charge on any atom is -0.495 e. The van der Waals surface area contributed by atoms with Gasteiger partial charge in [0.25, 0.3) is 5.91 Å². The average molecular weight is 349 g/mol. The zero-order valence-electron chi connectivity index (χ0n) is 15.2. The number of fused-ring (bicyclic) bond motifs is 1. The summed E-state index contributed by atoms with van der Waals surface area (Å²) in [5, 5.41) is 0. The fourth-order valence-electron chi connectivity index (χ4n) is 3.57. The van der Waals surface area contributed by atoms with Crippen LogP contribution in [-0.4, -0.2) is 33.9 Å². The van der Waals surface area contributed by atoms with Gasteiger partial charge in [-0.3, -0.25) is 14.8 Å². The van der Waals surface area contributed by atoms with Crippen molar-refractivity contribution in [3.8, 4) is 18.1 Å². The van der Waals surface area contributed by atoms with Crippen molar-refractivity contribution in [1.29, 1.82) is 0 Å². The molecule has 1 aliphatic heterocycles. The van der Waals surface area contributed by atoms with Crippen LogP contribution in [0.25, 0.3) is 0 Å². The lowest BCUT2D eigenvalue weighted by Gasteiger charge is -2.41. The highest BCUT2D eigenvalue weighted by Crippen LogP contribution is 2.38. The molecule has 134 valence electrons. The van der Waals surface area contributed by atoms with Gasteiger partial charge in [-0.05, 0) is 42.5 Å². The number of amides is 1. The Hall–Kier alpha value is -2.87. The van der Waals surface area contributed by atoms with E-state index in [9.17, 15) is 4.79 Å². The molecule has 1 amide bonds. The van der Waals surface area contributed by atoms with E-state index in [0.717, 1.165) is 48.4 Å². The molecular formula is C21H23N3O2. The number of carbonyl (C=O) groups is 1. The van der Waals surface area contributed by atoms with Gasteiger partial charge in [-0.25, -0.2) is 0 Å². The van der Waals surface area contributed by atoms with E-state index in [4.69, 9.17) is 11.2 Å². The van der Waals surface area contributed by atoms with Gasteiger partial charge >= 0.3 is 0 Å². The largest absolute Gasteiger partial charge is 0.495 e. The predicted molar refractivity (Wildman–Crippen MR) is 99.6 cm³/mol. The fourth-order valence-corrected chi connectivity index (χ4v) is 3.57. The standard InChI is InChI=1S/C21H23N3O2/c1-4-6-9-16-12-15-13-17(26-3)14-23-20(15)21(24(16)19(25)5-2)18-10-7-8-11-22-18/h2,7-8,10-11,13-14,16,21H,4,6,9,12H2,1,3H3/t16-,21-/m0/s1. The number of ether oxygens (including phenoxy) is 1. The van der Waals surface area contributed by atoms with Crippen LogP contribution in [0, 0.1) is 12.3 Å². The molecule has 0 saturated heterocycles. The number of rotatable bonds is 5. The lowest BCUT2D eigenvalue weighted by Crippen LogP contribution is -2.48. The molecule has 0 N–H and O–H groups in total. The second-order valence-electron chi connectivity index (χ2n) is 6.43. The molecule has 0 aliphatic carbocycles. The highest BCUT2D eigenvalue weighted by Gasteiger charge is 2.39. The van der Waals surface area contributed by atoms with Crippen molar-refractivity contribution < 1.29 is 9.53 Å². The maximum Gasteiger partial charge on any atom is 0.299 e. The molecule has 2 aromatic rings. The molecular weight excluding hydrogens is 326 g/mol. The third-order valence-electron chi connectivity index (χ3n) is 4.81. The first-order valence-electron chi connectivity index (χ1n) is 8.92. The summed E-state index contributed by atoms with van der Waals surface area (Å²) in [5.41, 5.74) is 2.68. The Morgan fingerprint density at radius 3 is 2.92 bits per heavy atom. The highest BCUT2D eigenvalue weighted by atomic mass is 16.5. The molecule has 1 aliphatic rings. The number of carbonyl (C=O) groups excluding carboxylic acids is 1. The van der Waals surface area contributed by atoms with Gasteiger partial charge in [-0.1, -0.05) is 25.8 Å². The van der Waals surface area contributed by atoms with Gasteiger partial charge in [0.05, 0.1) is 24.7 Å². The maximum absolute atomic E-state index is 12.7. The number of pyridine rings is 2. The number of aromatic nitrogens is 2. The third kappa shape index (κ3) is 3.41. The van der Waals surface area contributed by atoms with Crippen molar-refractivity contribution in [3.05, 3.63) is 53.6 Å². The van der Waals surface area contributed by atoms with E-state index in [1.165, 1.54) is 0 Å². The van der Waals surface area contributed by atoms with E-state index >= 15 is 0 Å². The summed E-state index contributed by atoms with van der Waals surface area (Å²) in [4.78, 5) is 23.6. The Morgan fingerprint density at radius 2 is 2.27 bits per heavy atom. The molecule has 5 heteroatoms. The van der Waals surface area contributed by atoms with E-state index in [0.29, 0.717) is 0 Å². The smallest absolute Gasteiger partial charge is 0.299 e. The van der Waals surface area contributed by atoms with Gasteiger partial charge in [0.15, 0.2) is 0 Å². The van der Waals surface area contributed by atoms with Crippen molar-refractivity contribution in [1.82, 2.24) is 14.9 Å². The van der Waals surface area contributed by atoms with E-state index in [1.54, 1.807) is 24.4 Å². The second-order valence-corrected chi connectivity index (χ2v) is 6.43. The minimum absolute atomic E-state index is 0.0203. The lowest BCUT2D eigenvalue weighted by molar-refractivity contribution is -0.130. The van der Waals surface area contributed by atoms with Crippen LogP contribution in [0.4, 0.5) is 0 Å². The Kier molecular flexibility index (Phi) is 5.52. The van der Waals surface area contributed by atoms with Crippen LogP contribution in [0.5, 0.6) is 5.75 Å². The van der Waals surface area contributed by atoms with Crippen LogP contribution < -0.4 is 4.74 Å². The Morgan fingerprint density at radius 1 is 1.42 bits per heavy atom. The zero-order chi connectivity index (χ0) is 18.5. The van der Waals surface area contributed by atoms with E-state index in [-0.39, 0.29) is 18.0 Å². The molecule has 0 bridgehead atoms. The summed E-state index contributed by atoms with van der Waals surface area (Å²) >= 11 is 0. The molecule has 5 nitrogen and oxygen atoms in total. The van der Waals surface area contributed by atoms with Crippen LogP contribution >= 0.6 is 0 Å². The summed E-state index contributed by atoms with van der Waals surface area (Å²) in [7, 11) is 1.63. The van der Waals surface area contributed by atoms with Crippen molar-refractivity contribution in [3.63, 3.8) is 0 Å². The van der Waals surface area contributed by atoms with Gasteiger partial charge in [-0.2, -0.15) is 0 Å². The average Bonchev–Trinajstić information content (AvgIpc) is 2.70. The molecule has 2 aromatic heterocycles. The predicted octanol–water partition coefficient (Wildman–Crippen LogP) is 3.15. The van der Waals surface area contributed by atoms with Crippen LogP contribution in [0.15, 0.2) is 36.7 Å². The highest BCUT2D eigenvalue weighted by molar-refractivity contribution is 5.93. The Bertz CT molecular complexity index is 814. The number of unbranched alkanes of at least 4 members (excludes halogenated alkanes) is 1. The number of hydrogen-bond acceptors (Lipinski definition) is 4. The molecule has 26 heavy (non-hydrogen) atoms. The van der Waals surface area contributed by atoms with E-state index in [1.807, 2.05) is 24.3 Å². The zero-order valence-corrected chi connectivity index (χ0v) is 15.2. The van der Waals surface area contributed by atoms with E-state index in [2.05, 4.69) is 22.8 Å². The van der Waals surface area contributed by atoms with E-state index < -0.39 is 0 Å². The van der Waals surface area contributed by atoms with Crippen LogP contribution in [0.2, 0.25) is 0 Å². The monoisotopic (exact) mass is 349 g/mol. The summed E-state index contributed by atoms with van der Waals surface area (Å²) in [6.07, 6.45) is 12.6. The lowest BCUT2D eigenvalue weighted by atomic mass is 9.87. The van der Waals surface area contributed by atoms with Gasteiger partial charge in [0, 0.05) is 12.2 Å². The number of nitrogens with zero attached hydrogens (tertiary/aromatic N) is 3. The molecule has 0 aromatic carbocycles. The summed E-state index contributed by atoms with van der Waals surface area (Å²) < 4.78 is 5.34. The first kappa shape index (κ1) is 17.9. The molecule has 0 unspecified atom stereocenters. The Labute approximate surface area is 154 Å². The van der Waals surface area contributed by atoms with Crippen LogP contribution in [-0.2, 0) is 11.2 Å². The van der Waals surface area contributed by atoms with Crippen molar-refractivity contribution in [2.24, 2.45) is 0 Å². The molecule has 0 fully saturated rings. The van der Waals surface area contributed by atoms with Crippen LogP contribution in [0.3, 0.4) is 0 Å². The molecule has 0 saturated carbocycles. The molecule has 0 spiro atoms. The first-order valence-corrected chi connectivity index (χ1v) is 8.92. The summed E-state index contributed by atoms with van der Waals surface area (Å²) in [6, 6.07) is 7.34.